The first-order chi connectivity index (χ1) is 24.0. The van der Waals surface area contributed by atoms with Crippen LogP contribution in [0.4, 0.5) is 0 Å². The van der Waals surface area contributed by atoms with Crippen molar-refractivity contribution in [3.8, 4) is 16.9 Å². The summed E-state index contributed by atoms with van der Waals surface area (Å²) in [4.78, 5) is 16.2. The summed E-state index contributed by atoms with van der Waals surface area (Å²) < 4.78 is 22.6. The molecule has 0 aliphatic carbocycles. The van der Waals surface area contributed by atoms with Crippen molar-refractivity contribution >= 4 is 27.6 Å². The second-order valence-electron chi connectivity index (χ2n) is 12.8. The van der Waals surface area contributed by atoms with Gasteiger partial charge in [-0.2, -0.15) is 5.10 Å². The van der Waals surface area contributed by atoms with Crippen molar-refractivity contribution in [2.45, 2.75) is 52.5 Å². The predicted octanol–water partition coefficient (Wildman–Crippen LogP) is 7.94. The van der Waals surface area contributed by atoms with Gasteiger partial charge in [0.25, 0.3) is 0 Å². The molecule has 0 radical (unpaired) electrons. The van der Waals surface area contributed by atoms with Gasteiger partial charge in [-0.1, -0.05) is 84.9 Å². The normalized spacial score (nSPS) is 13.4. The molecule has 6 aromatic rings. The SMILES string of the molecule is CCOC(=O)c1c(CCCOc2cccc3ccccc23)c2cccc3c2n1CCCN(C)Cc1c-3c(COCc2ccccc2)nn1C. The summed E-state index contributed by atoms with van der Waals surface area (Å²) >= 11 is 0. The number of ether oxygens (including phenoxy) is 3. The molecular weight excluding hydrogens is 612 g/mol. The van der Waals surface area contributed by atoms with Gasteiger partial charge in [0.1, 0.15) is 11.4 Å². The monoisotopic (exact) mass is 656 g/mol. The standard InChI is InChI=1S/C41H44N4O4/c1-4-48-41(46)40-33(21-12-25-49-37-22-10-17-30-16-8-9-18-31(30)37)32-19-11-20-34-38-35(28-47-27-29-14-6-5-7-15-29)42-44(3)36(38)26-43(2)23-13-24-45(40)39(32)34/h5-11,14-20,22H,4,12-13,21,23-28H2,1-3H3. The van der Waals surface area contributed by atoms with Crippen molar-refractivity contribution in [2.75, 3.05) is 26.8 Å². The molecule has 8 nitrogen and oxygen atoms in total. The Bertz CT molecular complexity index is 2080. The molecule has 0 unspecified atom stereocenters. The number of carbonyl (C=O) groups excluding carboxylic acids is 1. The molecule has 49 heavy (non-hydrogen) atoms. The Morgan fingerprint density at radius 1 is 0.857 bits per heavy atom. The quantitative estimate of drug-likeness (QED) is 0.104. The van der Waals surface area contributed by atoms with Crippen molar-refractivity contribution in [1.29, 1.82) is 0 Å². The number of fused-ring (bicyclic) bond motifs is 3. The van der Waals surface area contributed by atoms with E-state index in [0.717, 1.165) is 87.0 Å². The molecule has 1 aliphatic heterocycles. The third-order valence-corrected chi connectivity index (χ3v) is 9.43. The van der Waals surface area contributed by atoms with Crippen LogP contribution in [-0.4, -0.2) is 52.0 Å². The van der Waals surface area contributed by atoms with Crippen LogP contribution in [-0.2, 0) is 49.2 Å². The van der Waals surface area contributed by atoms with Gasteiger partial charge in [0.05, 0.1) is 43.3 Å². The van der Waals surface area contributed by atoms with E-state index in [9.17, 15) is 4.79 Å². The molecule has 8 heteroatoms. The van der Waals surface area contributed by atoms with Gasteiger partial charge in [0, 0.05) is 42.0 Å². The fourth-order valence-corrected chi connectivity index (χ4v) is 7.23. The fraction of sp³-hybridized carbons (Fsp3) is 0.317. The topological polar surface area (TPSA) is 70.8 Å². The summed E-state index contributed by atoms with van der Waals surface area (Å²) in [5.41, 5.74) is 8.00. The van der Waals surface area contributed by atoms with Crippen LogP contribution in [0.15, 0.2) is 91.0 Å². The van der Waals surface area contributed by atoms with Crippen LogP contribution in [0.5, 0.6) is 5.75 Å². The molecule has 0 spiro atoms. The number of aromatic nitrogens is 3. The van der Waals surface area contributed by atoms with E-state index in [-0.39, 0.29) is 5.97 Å². The summed E-state index contributed by atoms with van der Waals surface area (Å²) in [5, 5.41) is 8.35. The summed E-state index contributed by atoms with van der Waals surface area (Å²) in [6.45, 7) is 5.93. The lowest BCUT2D eigenvalue weighted by atomic mass is 9.97. The van der Waals surface area contributed by atoms with Gasteiger partial charge in [-0.25, -0.2) is 4.79 Å². The Hall–Kier alpha value is -4.92. The number of nitrogens with zero attached hydrogens (tertiary/aromatic N) is 4. The van der Waals surface area contributed by atoms with Crippen molar-refractivity contribution < 1.29 is 19.0 Å². The first kappa shape index (κ1) is 32.6. The van der Waals surface area contributed by atoms with E-state index in [4.69, 9.17) is 19.3 Å². The summed E-state index contributed by atoms with van der Waals surface area (Å²) in [6.07, 6.45) is 2.32. The van der Waals surface area contributed by atoms with Crippen LogP contribution in [0.1, 0.15) is 52.8 Å². The highest BCUT2D eigenvalue weighted by molar-refractivity contribution is 6.05. The highest BCUT2D eigenvalue weighted by Crippen LogP contribution is 2.40. The minimum absolute atomic E-state index is 0.280. The Morgan fingerprint density at radius 3 is 2.49 bits per heavy atom. The second kappa shape index (κ2) is 14.7. The van der Waals surface area contributed by atoms with Gasteiger partial charge in [-0.3, -0.25) is 4.68 Å². The largest absolute Gasteiger partial charge is 0.493 e. The van der Waals surface area contributed by atoms with E-state index in [1.54, 1.807) is 0 Å². The fourth-order valence-electron chi connectivity index (χ4n) is 7.23. The maximum absolute atomic E-state index is 13.8. The van der Waals surface area contributed by atoms with E-state index in [0.29, 0.717) is 45.1 Å². The molecular formula is C41H44N4O4. The third-order valence-electron chi connectivity index (χ3n) is 9.43. The Morgan fingerprint density at radius 2 is 1.63 bits per heavy atom. The average Bonchev–Trinajstić information content (AvgIpc) is 3.60. The molecule has 7 rings (SSSR count). The maximum atomic E-state index is 13.8. The number of rotatable bonds is 11. The van der Waals surface area contributed by atoms with Gasteiger partial charge < -0.3 is 23.7 Å². The van der Waals surface area contributed by atoms with E-state index >= 15 is 0 Å². The number of aryl methyl sites for hydroxylation is 3. The number of carbonyl (C=O) groups is 1. The molecule has 0 bridgehead atoms. The number of para-hydroxylation sites is 1. The molecule has 1 aliphatic rings. The van der Waals surface area contributed by atoms with Crippen molar-refractivity contribution in [1.82, 2.24) is 19.2 Å². The van der Waals surface area contributed by atoms with Crippen LogP contribution in [0.2, 0.25) is 0 Å². The van der Waals surface area contributed by atoms with Crippen LogP contribution in [0.25, 0.3) is 32.8 Å². The van der Waals surface area contributed by atoms with Gasteiger partial charge in [0.2, 0.25) is 0 Å². The number of hydrogen-bond acceptors (Lipinski definition) is 6. The molecule has 0 N–H and O–H groups in total. The summed E-state index contributed by atoms with van der Waals surface area (Å²) in [6, 6.07) is 31.1. The molecule has 0 saturated heterocycles. The van der Waals surface area contributed by atoms with E-state index in [1.165, 1.54) is 0 Å². The lowest BCUT2D eigenvalue weighted by molar-refractivity contribution is 0.0512. The van der Waals surface area contributed by atoms with Crippen molar-refractivity contribution in [3.63, 3.8) is 0 Å². The molecule has 0 saturated carbocycles. The summed E-state index contributed by atoms with van der Waals surface area (Å²) in [5.74, 6) is 0.597. The van der Waals surface area contributed by atoms with Crippen LogP contribution in [0.3, 0.4) is 0 Å². The zero-order valence-electron chi connectivity index (χ0n) is 28.7. The van der Waals surface area contributed by atoms with Crippen molar-refractivity contribution in [3.05, 3.63) is 119 Å². The van der Waals surface area contributed by atoms with Crippen LogP contribution in [0, 0.1) is 0 Å². The van der Waals surface area contributed by atoms with Crippen LogP contribution >= 0.6 is 0 Å². The number of hydrogen-bond donors (Lipinski definition) is 0. The average molecular weight is 657 g/mol. The second-order valence-corrected chi connectivity index (χ2v) is 12.8. The van der Waals surface area contributed by atoms with Gasteiger partial charge in [-0.15, -0.1) is 0 Å². The molecule has 0 fully saturated rings. The molecule has 4 aromatic carbocycles. The Labute approximate surface area is 287 Å². The zero-order valence-corrected chi connectivity index (χ0v) is 28.7. The van der Waals surface area contributed by atoms with Gasteiger partial charge in [0.15, 0.2) is 0 Å². The number of esters is 1. The third kappa shape index (κ3) is 6.71. The predicted molar refractivity (Wildman–Crippen MR) is 194 cm³/mol. The molecule has 0 amide bonds. The van der Waals surface area contributed by atoms with E-state index < -0.39 is 0 Å². The Balaban J connectivity index is 1.28. The summed E-state index contributed by atoms with van der Waals surface area (Å²) in [7, 11) is 4.17. The molecule has 252 valence electrons. The minimum atomic E-state index is -0.280. The van der Waals surface area contributed by atoms with E-state index in [2.05, 4.69) is 65.0 Å². The van der Waals surface area contributed by atoms with Crippen molar-refractivity contribution in [2.24, 2.45) is 7.05 Å². The molecule has 3 heterocycles. The molecule has 2 aromatic heterocycles. The van der Waals surface area contributed by atoms with Gasteiger partial charge >= 0.3 is 5.97 Å². The zero-order chi connectivity index (χ0) is 33.7. The smallest absolute Gasteiger partial charge is 0.355 e. The highest BCUT2D eigenvalue weighted by atomic mass is 16.5. The van der Waals surface area contributed by atoms with Crippen LogP contribution < -0.4 is 4.74 Å². The maximum Gasteiger partial charge on any atom is 0.355 e. The first-order valence-electron chi connectivity index (χ1n) is 17.3. The molecule has 0 atom stereocenters. The van der Waals surface area contributed by atoms with Gasteiger partial charge in [-0.05, 0) is 62.4 Å². The lowest BCUT2D eigenvalue weighted by Gasteiger charge is -2.22. The lowest BCUT2D eigenvalue weighted by Crippen LogP contribution is -2.24. The Kier molecular flexibility index (Phi) is 9.77. The minimum Gasteiger partial charge on any atom is -0.493 e. The highest BCUT2D eigenvalue weighted by Gasteiger charge is 2.29. The first-order valence-corrected chi connectivity index (χ1v) is 17.3. The van der Waals surface area contributed by atoms with E-state index in [1.807, 2.05) is 61.1 Å². The number of benzene rings is 4.